The van der Waals surface area contributed by atoms with Crippen LogP contribution < -0.4 is 5.32 Å². The molecule has 0 spiro atoms. The molecule has 3 aromatic rings. The van der Waals surface area contributed by atoms with E-state index in [9.17, 15) is 4.79 Å². The van der Waals surface area contributed by atoms with E-state index in [1.807, 2.05) is 48.7 Å². The van der Waals surface area contributed by atoms with E-state index in [1.165, 1.54) is 0 Å². The molecule has 0 aliphatic rings. The molecule has 112 valence electrons. The van der Waals surface area contributed by atoms with Crippen molar-refractivity contribution < 1.29 is 4.79 Å². The number of carbonyl (C=O) groups excluding carboxylic acids is 1. The Bertz CT molecular complexity index is 808. The molecule has 0 aromatic carbocycles. The van der Waals surface area contributed by atoms with Crippen LogP contribution in [-0.2, 0) is 6.42 Å². The molecule has 0 aliphatic carbocycles. The lowest BCUT2D eigenvalue weighted by atomic mass is 10.2. The number of pyridine rings is 2. The molecule has 0 unspecified atom stereocenters. The largest absolute Gasteiger partial charge is 0.350 e. The summed E-state index contributed by atoms with van der Waals surface area (Å²) in [6.45, 7) is 4.45. The number of imidazole rings is 1. The van der Waals surface area contributed by atoms with Gasteiger partial charge in [0.1, 0.15) is 11.3 Å². The van der Waals surface area contributed by atoms with Crippen molar-refractivity contribution in [2.75, 3.05) is 6.54 Å². The molecule has 0 saturated heterocycles. The van der Waals surface area contributed by atoms with Crippen LogP contribution in [0, 0.1) is 13.8 Å². The van der Waals surface area contributed by atoms with Crippen LogP contribution in [0.15, 0.2) is 42.9 Å². The number of nitrogens with one attached hydrogen (secondary N) is 1. The van der Waals surface area contributed by atoms with Gasteiger partial charge in [0.2, 0.25) is 0 Å². The standard InChI is InChI=1S/C17H18N4O/c1-12-3-4-15-20-13(2)16(21(15)11-12)17(22)19-10-7-14-5-8-18-9-6-14/h3-6,8-9,11H,7,10H2,1-2H3,(H,19,22). The van der Waals surface area contributed by atoms with Crippen LogP contribution in [0.5, 0.6) is 0 Å². The Morgan fingerprint density at radius 3 is 2.73 bits per heavy atom. The fraction of sp³-hybridized carbons (Fsp3) is 0.235. The van der Waals surface area contributed by atoms with Crippen molar-refractivity contribution in [2.45, 2.75) is 20.3 Å². The molecule has 3 aromatic heterocycles. The Morgan fingerprint density at radius 1 is 1.18 bits per heavy atom. The summed E-state index contributed by atoms with van der Waals surface area (Å²) in [5.74, 6) is -0.0929. The van der Waals surface area contributed by atoms with Crippen LogP contribution in [-0.4, -0.2) is 26.8 Å². The van der Waals surface area contributed by atoms with Gasteiger partial charge in [0, 0.05) is 25.1 Å². The second-order valence-electron chi connectivity index (χ2n) is 5.34. The minimum atomic E-state index is -0.0929. The number of aromatic nitrogens is 3. The fourth-order valence-electron chi connectivity index (χ4n) is 2.50. The molecular weight excluding hydrogens is 276 g/mol. The molecule has 3 rings (SSSR count). The van der Waals surface area contributed by atoms with Gasteiger partial charge in [-0.25, -0.2) is 4.98 Å². The molecule has 5 nitrogen and oxygen atoms in total. The molecule has 5 heteroatoms. The van der Waals surface area contributed by atoms with Crippen LogP contribution in [0.25, 0.3) is 5.65 Å². The minimum Gasteiger partial charge on any atom is -0.350 e. The Balaban J connectivity index is 1.75. The lowest BCUT2D eigenvalue weighted by Crippen LogP contribution is -2.27. The SMILES string of the molecule is Cc1ccc2nc(C)c(C(=O)NCCc3ccncc3)n2c1. The molecule has 0 radical (unpaired) electrons. The number of aryl methyl sites for hydroxylation is 2. The Labute approximate surface area is 129 Å². The van der Waals surface area contributed by atoms with Crippen LogP contribution >= 0.6 is 0 Å². The number of amides is 1. The van der Waals surface area contributed by atoms with E-state index in [4.69, 9.17) is 0 Å². The number of hydrogen-bond donors (Lipinski definition) is 1. The van der Waals surface area contributed by atoms with Crippen LogP contribution in [0.1, 0.15) is 27.3 Å². The summed E-state index contributed by atoms with van der Waals surface area (Å²) in [5, 5.41) is 2.97. The zero-order chi connectivity index (χ0) is 15.5. The fourth-order valence-corrected chi connectivity index (χ4v) is 2.50. The quantitative estimate of drug-likeness (QED) is 0.803. The lowest BCUT2D eigenvalue weighted by molar-refractivity contribution is 0.0947. The molecule has 0 bridgehead atoms. The topological polar surface area (TPSA) is 59.3 Å². The summed E-state index contributed by atoms with van der Waals surface area (Å²) in [4.78, 5) is 20.9. The number of carbonyl (C=O) groups is 1. The van der Waals surface area contributed by atoms with E-state index in [0.29, 0.717) is 12.2 Å². The Kier molecular flexibility index (Phi) is 3.87. The van der Waals surface area contributed by atoms with Crippen molar-refractivity contribution in [3.8, 4) is 0 Å². The molecular formula is C17H18N4O. The predicted molar refractivity (Wildman–Crippen MR) is 84.9 cm³/mol. The van der Waals surface area contributed by atoms with Gasteiger partial charge in [-0.3, -0.25) is 14.2 Å². The van der Waals surface area contributed by atoms with Gasteiger partial charge in [-0.1, -0.05) is 6.07 Å². The summed E-state index contributed by atoms with van der Waals surface area (Å²) in [7, 11) is 0. The number of rotatable bonds is 4. The summed E-state index contributed by atoms with van der Waals surface area (Å²) < 4.78 is 1.85. The first-order valence-corrected chi connectivity index (χ1v) is 7.27. The third-order valence-corrected chi connectivity index (χ3v) is 3.60. The van der Waals surface area contributed by atoms with Crippen LogP contribution in [0.4, 0.5) is 0 Å². The summed E-state index contributed by atoms with van der Waals surface area (Å²) in [5.41, 5.74) is 4.39. The smallest absolute Gasteiger partial charge is 0.270 e. The Morgan fingerprint density at radius 2 is 1.95 bits per heavy atom. The normalized spacial score (nSPS) is 10.8. The monoisotopic (exact) mass is 294 g/mol. The third-order valence-electron chi connectivity index (χ3n) is 3.60. The van der Waals surface area contributed by atoms with Gasteiger partial charge < -0.3 is 5.32 Å². The molecule has 22 heavy (non-hydrogen) atoms. The van der Waals surface area contributed by atoms with Gasteiger partial charge in [0.15, 0.2) is 0 Å². The van der Waals surface area contributed by atoms with E-state index in [-0.39, 0.29) is 5.91 Å². The van der Waals surface area contributed by atoms with Gasteiger partial charge >= 0.3 is 0 Å². The molecule has 3 heterocycles. The Hall–Kier alpha value is -2.69. The van der Waals surface area contributed by atoms with E-state index < -0.39 is 0 Å². The molecule has 0 aliphatic heterocycles. The lowest BCUT2D eigenvalue weighted by Gasteiger charge is -2.06. The van der Waals surface area contributed by atoms with Crippen LogP contribution in [0.2, 0.25) is 0 Å². The molecule has 0 atom stereocenters. The zero-order valence-electron chi connectivity index (χ0n) is 12.7. The van der Waals surface area contributed by atoms with E-state index in [1.54, 1.807) is 12.4 Å². The molecule has 1 amide bonds. The average Bonchev–Trinajstić information content (AvgIpc) is 2.83. The molecule has 0 saturated carbocycles. The number of nitrogens with zero attached hydrogens (tertiary/aromatic N) is 3. The summed E-state index contributed by atoms with van der Waals surface area (Å²) in [6.07, 6.45) is 6.24. The molecule has 0 fully saturated rings. The number of fused-ring (bicyclic) bond motifs is 1. The predicted octanol–water partition coefficient (Wildman–Crippen LogP) is 2.32. The van der Waals surface area contributed by atoms with Gasteiger partial charge in [0.25, 0.3) is 5.91 Å². The van der Waals surface area contributed by atoms with E-state index >= 15 is 0 Å². The highest BCUT2D eigenvalue weighted by Gasteiger charge is 2.16. The van der Waals surface area contributed by atoms with Gasteiger partial charge in [-0.15, -0.1) is 0 Å². The van der Waals surface area contributed by atoms with E-state index in [2.05, 4.69) is 15.3 Å². The van der Waals surface area contributed by atoms with Gasteiger partial charge in [-0.05, 0) is 49.6 Å². The summed E-state index contributed by atoms with van der Waals surface area (Å²) in [6, 6.07) is 7.83. The highest BCUT2D eigenvalue weighted by atomic mass is 16.1. The highest BCUT2D eigenvalue weighted by molar-refractivity contribution is 5.94. The number of hydrogen-bond acceptors (Lipinski definition) is 3. The summed E-state index contributed by atoms with van der Waals surface area (Å²) >= 11 is 0. The highest BCUT2D eigenvalue weighted by Crippen LogP contribution is 2.13. The van der Waals surface area contributed by atoms with Gasteiger partial charge in [-0.2, -0.15) is 0 Å². The maximum Gasteiger partial charge on any atom is 0.270 e. The maximum absolute atomic E-state index is 12.5. The van der Waals surface area contributed by atoms with Crippen molar-refractivity contribution in [3.05, 3.63) is 65.4 Å². The first-order valence-electron chi connectivity index (χ1n) is 7.27. The zero-order valence-corrected chi connectivity index (χ0v) is 12.7. The first-order chi connectivity index (χ1) is 10.6. The second-order valence-corrected chi connectivity index (χ2v) is 5.34. The van der Waals surface area contributed by atoms with Crippen molar-refractivity contribution >= 4 is 11.6 Å². The van der Waals surface area contributed by atoms with Crippen molar-refractivity contribution in [2.24, 2.45) is 0 Å². The van der Waals surface area contributed by atoms with E-state index in [0.717, 1.165) is 28.9 Å². The minimum absolute atomic E-state index is 0.0929. The van der Waals surface area contributed by atoms with Crippen molar-refractivity contribution in [1.29, 1.82) is 0 Å². The van der Waals surface area contributed by atoms with Gasteiger partial charge in [0.05, 0.1) is 5.69 Å². The second kappa shape index (κ2) is 5.97. The van der Waals surface area contributed by atoms with Crippen molar-refractivity contribution in [1.82, 2.24) is 19.7 Å². The van der Waals surface area contributed by atoms with Crippen LogP contribution in [0.3, 0.4) is 0 Å². The molecule has 1 N–H and O–H groups in total. The van der Waals surface area contributed by atoms with Crippen molar-refractivity contribution in [3.63, 3.8) is 0 Å². The first kappa shape index (κ1) is 14.3. The maximum atomic E-state index is 12.5. The third kappa shape index (κ3) is 2.83. The average molecular weight is 294 g/mol.